The third-order valence-electron chi connectivity index (χ3n) is 5.06. The zero-order valence-corrected chi connectivity index (χ0v) is 18.3. The normalized spacial score (nSPS) is 14.9. The Bertz CT molecular complexity index is 983. The third kappa shape index (κ3) is 3.37. The first-order valence-corrected chi connectivity index (χ1v) is 10.7. The molecule has 1 atom stereocenters. The molecule has 1 aliphatic rings. The number of hydrogen-bond donors (Lipinski definition) is 1. The predicted molar refractivity (Wildman–Crippen MR) is 115 cm³/mol. The Balaban J connectivity index is 1.67. The molecule has 1 unspecified atom stereocenters. The van der Waals surface area contributed by atoms with Crippen LogP contribution >= 0.6 is 27.9 Å². The summed E-state index contributed by atoms with van der Waals surface area (Å²) in [4.78, 5) is 0.871. The highest BCUT2D eigenvalue weighted by molar-refractivity contribution is 9.10. The van der Waals surface area contributed by atoms with Crippen LogP contribution < -0.4 is 14.2 Å². The highest BCUT2D eigenvalue weighted by Gasteiger charge is 2.30. The van der Waals surface area contributed by atoms with Crippen LogP contribution in [-0.4, -0.2) is 19.4 Å². The van der Waals surface area contributed by atoms with E-state index in [4.69, 9.17) is 14.0 Å². The fourth-order valence-electron chi connectivity index (χ4n) is 3.61. The lowest BCUT2D eigenvalue weighted by Crippen LogP contribution is -2.10. The van der Waals surface area contributed by atoms with Crippen LogP contribution in [0.2, 0.25) is 0 Å². The predicted octanol–water partition coefficient (Wildman–Crippen LogP) is 6.29. The molecule has 4 rings (SSSR count). The molecule has 0 saturated heterocycles. The Morgan fingerprint density at radius 2 is 1.96 bits per heavy atom. The van der Waals surface area contributed by atoms with E-state index in [1.165, 1.54) is 17.5 Å². The van der Waals surface area contributed by atoms with E-state index < -0.39 is 0 Å². The maximum atomic E-state index is 5.75. The smallest absolute Gasteiger partial charge is 0.183 e. The molecule has 3 aromatic rings. The number of nitrogens with zero attached hydrogens (tertiary/aromatic N) is 1. The van der Waals surface area contributed by atoms with Gasteiger partial charge in [0.2, 0.25) is 0 Å². The molecule has 0 aliphatic heterocycles. The first-order valence-electron chi connectivity index (χ1n) is 9.08. The molecule has 0 saturated carbocycles. The van der Waals surface area contributed by atoms with Crippen molar-refractivity contribution in [2.45, 2.75) is 30.6 Å². The number of halogens is 1. The number of fused-ring (bicyclic) bond motifs is 3. The van der Waals surface area contributed by atoms with Crippen molar-refractivity contribution in [3.05, 3.63) is 52.0 Å². The van der Waals surface area contributed by atoms with Gasteiger partial charge in [0.25, 0.3) is 0 Å². The average Bonchev–Trinajstić information content (AvgIpc) is 3.14. The maximum Gasteiger partial charge on any atom is 0.183 e. The molecule has 5 nitrogen and oxygen atoms in total. The average molecular weight is 461 g/mol. The number of aromatic nitrogens is 1. The highest BCUT2D eigenvalue weighted by atomic mass is 79.9. The first-order chi connectivity index (χ1) is 13.7. The second-order valence-corrected chi connectivity index (χ2v) is 8.31. The largest absolute Gasteiger partial charge is 0.495 e. The van der Waals surface area contributed by atoms with E-state index in [1.807, 2.05) is 18.2 Å². The van der Waals surface area contributed by atoms with Crippen LogP contribution in [0.4, 0.5) is 5.82 Å². The SMILES string of the molecule is CCC1Cc2c(NSc3c(OC)cccc3OC)noc2-c2cc(Br)ccc21. The standard InChI is InChI=1S/C21H21BrN2O3S/c1-4-12-10-16-19(15-11-13(22)8-9-14(12)15)27-23-21(16)24-28-20-17(25-2)6-5-7-18(20)26-3/h5-9,11-12H,4,10H2,1-3H3,(H,23,24). The van der Waals surface area contributed by atoms with E-state index in [-0.39, 0.29) is 0 Å². The fourth-order valence-corrected chi connectivity index (χ4v) is 4.83. The van der Waals surface area contributed by atoms with Crippen molar-refractivity contribution in [1.29, 1.82) is 0 Å². The van der Waals surface area contributed by atoms with Crippen LogP contribution in [0.5, 0.6) is 11.5 Å². The van der Waals surface area contributed by atoms with E-state index in [0.29, 0.717) is 5.92 Å². The molecule has 1 N–H and O–H groups in total. The minimum Gasteiger partial charge on any atom is -0.495 e. The van der Waals surface area contributed by atoms with E-state index >= 15 is 0 Å². The van der Waals surface area contributed by atoms with Gasteiger partial charge >= 0.3 is 0 Å². The zero-order valence-electron chi connectivity index (χ0n) is 15.9. The summed E-state index contributed by atoms with van der Waals surface area (Å²) in [5, 5.41) is 4.32. The number of rotatable bonds is 6. The second-order valence-electron chi connectivity index (χ2n) is 6.58. The molecule has 0 fully saturated rings. The van der Waals surface area contributed by atoms with Crippen LogP contribution in [-0.2, 0) is 6.42 Å². The topological polar surface area (TPSA) is 56.5 Å². The molecule has 1 aromatic heterocycles. The minimum atomic E-state index is 0.446. The Kier molecular flexibility index (Phi) is 5.55. The number of ether oxygens (including phenoxy) is 2. The summed E-state index contributed by atoms with van der Waals surface area (Å²) in [6, 6.07) is 12.1. The van der Waals surface area contributed by atoms with Crippen molar-refractivity contribution in [3.8, 4) is 22.8 Å². The number of anilines is 1. The maximum absolute atomic E-state index is 5.75. The van der Waals surface area contributed by atoms with Gasteiger partial charge in [-0.05, 0) is 60.5 Å². The van der Waals surface area contributed by atoms with Gasteiger partial charge < -0.3 is 18.7 Å². The molecule has 0 radical (unpaired) electrons. The molecular formula is C21H21BrN2O3S. The molecule has 0 spiro atoms. The Hall–Kier alpha value is -2.12. The summed E-state index contributed by atoms with van der Waals surface area (Å²) >= 11 is 4.99. The Morgan fingerprint density at radius 1 is 1.21 bits per heavy atom. The van der Waals surface area contributed by atoms with Crippen LogP contribution in [0.15, 0.2) is 50.3 Å². The summed E-state index contributed by atoms with van der Waals surface area (Å²) in [6.07, 6.45) is 1.96. The van der Waals surface area contributed by atoms with Gasteiger partial charge in [0, 0.05) is 15.6 Å². The molecule has 28 heavy (non-hydrogen) atoms. The van der Waals surface area contributed by atoms with Crippen molar-refractivity contribution >= 4 is 33.7 Å². The summed E-state index contributed by atoms with van der Waals surface area (Å²) in [7, 11) is 3.30. The van der Waals surface area contributed by atoms with Crippen LogP contribution in [0.25, 0.3) is 11.3 Å². The fraction of sp³-hybridized carbons (Fsp3) is 0.286. The number of nitrogens with one attached hydrogen (secondary N) is 1. The summed E-state index contributed by atoms with van der Waals surface area (Å²) in [6.45, 7) is 2.22. The van der Waals surface area contributed by atoms with Gasteiger partial charge in [-0.2, -0.15) is 0 Å². The number of hydrogen-bond acceptors (Lipinski definition) is 6. The molecule has 7 heteroatoms. The van der Waals surface area contributed by atoms with Crippen molar-refractivity contribution < 1.29 is 14.0 Å². The molecule has 1 heterocycles. The van der Waals surface area contributed by atoms with Gasteiger partial charge in [-0.25, -0.2) is 0 Å². The molecule has 2 aromatic carbocycles. The molecule has 1 aliphatic carbocycles. The Labute approximate surface area is 177 Å². The van der Waals surface area contributed by atoms with Gasteiger partial charge in [-0.1, -0.05) is 40.1 Å². The second kappa shape index (κ2) is 8.09. The van der Waals surface area contributed by atoms with Crippen molar-refractivity contribution in [2.75, 3.05) is 18.9 Å². The number of methoxy groups -OCH3 is 2. The lowest BCUT2D eigenvalue weighted by atomic mass is 9.81. The van der Waals surface area contributed by atoms with Crippen LogP contribution in [0, 0.1) is 0 Å². The van der Waals surface area contributed by atoms with E-state index in [0.717, 1.165) is 56.4 Å². The van der Waals surface area contributed by atoms with Gasteiger partial charge in [0.05, 0.1) is 14.2 Å². The molecule has 0 bridgehead atoms. The quantitative estimate of drug-likeness (QED) is 0.436. The van der Waals surface area contributed by atoms with Crippen LogP contribution in [0.3, 0.4) is 0 Å². The number of benzene rings is 2. The van der Waals surface area contributed by atoms with Gasteiger partial charge in [-0.3, -0.25) is 0 Å². The van der Waals surface area contributed by atoms with Gasteiger partial charge in [0.15, 0.2) is 11.6 Å². The Morgan fingerprint density at radius 3 is 2.64 bits per heavy atom. The summed E-state index contributed by atoms with van der Waals surface area (Å²) < 4.78 is 21.1. The van der Waals surface area contributed by atoms with Crippen molar-refractivity contribution in [3.63, 3.8) is 0 Å². The van der Waals surface area contributed by atoms with Gasteiger partial charge in [-0.15, -0.1) is 0 Å². The lowest BCUT2D eigenvalue weighted by molar-refractivity contribution is 0.376. The van der Waals surface area contributed by atoms with Crippen molar-refractivity contribution in [1.82, 2.24) is 5.16 Å². The highest BCUT2D eigenvalue weighted by Crippen LogP contribution is 2.46. The summed E-state index contributed by atoms with van der Waals surface area (Å²) in [5.41, 5.74) is 3.54. The third-order valence-corrected chi connectivity index (χ3v) is 6.46. The summed E-state index contributed by atoms with van der Waals surface area (Å²) in [5.74, 6) is 3.53. The lowest BCUT2D eigenvalue weighted by Gasteiger charge is -2.24. The van der Waals surface area contributed by atoms with Crippen molar-refractivity contribution in [2.24, 2.45) is 0 Å². The van der Waals surface area contributed by atoms with E-state index in [9.17, 15) is 0 Å². The first kappa shape index (κ1) is 19.2. The minimum absolute atomic E-state index is 0.446. The van der Waals surface area contributed by atoms with E-state index in [2.05, 4.69) is 50.9 Å². The molecule has 0 amide bonds. The van der Waals surface area contributed by atoms with Crippen LogP contribution in [0.1, 0.15) is 30.4 Å². The molecule has 146 valence electrons. The van der Waals surface area contributed by atoms with Gasteiger partial charge in [0.1, 0.15) is 16.4 Å². The zero-order chi connectivity index (χ0) is 19.7. The molecular weight excluding hydrogens is 440 g/mol. The monoisotopic (exact) mass is 460 g/mol. The van der Waals surface area contributed by atoms with E-state index in [1.54, 1.807) is 14.2 Å².